The van der Waals surface area contributed by atoms with Crippen LogP contribution in [0.2, 0.25) is 5.02 Å². The van der Waals surface area contributed by atoms with Crippen LogP contribution in [0.5, 0.6) is 0 Å². The van der Waals surface area contributed by atoms with Gasteiger partial charge in [0, 0.05) is 10.5 Å². The minimum Gasteiger partial charge on any atom is -0.321 e. The first-order valence-electron chi connectivity index (χ1n) is 5.12. The molecule has 2 aromatic rings. The van der Waals surface area contributed by atoms with E-state index in [1.165, 1.54) is 12.1 Å². The number of hydrogen-bond acceptors (Lipinski definition) is 2. The van der Waals surface area contributed by atoms with Crippen LogP contribution >= 0.6 is 24.2 Å². The van der Waals surface area contributed by atoms with E-state index in [4.69, 9.17) is 11.6 Å². The third kappa shape index (κ3) is 3.03. The molecule has 0 fully saturated rings. The first-order valence-corrected chi connectivity index (χ1v) is 5.94. The summed E-state index contributed by atoms with van der Waals surface area (Å²) in [7, 11) is 0. The lowest BCUT2D eigenvalue weighted by Gasteiger charge is -2.07. The number of rotatable bonds is 2. The Morgan fingerprint density at radius 1 is 1.22 bits per heavy atom. The fourth-order valence-corrected chi connectivity index (χ4v) is 1.87. The normalized spacial score (nSPS) is 10.2. The lowest BCUT2D eigenvalue weighted by molar-refractivity contribution is 0.102. The molecule has 0 atom stereocenters. The first kappa shape index (κ1) is 12.9. The second-order valence-electron chi connectivity index (χ2n) is 3.63. The van der Waals surface area contributed by atoms with Crippen LogP contribution < -0.4 is 5.32 Å². The summed E-state index contributed by atoms with van der Waals surface area (Å²) < 4.78 is 12.9. The minimum atomic E-state index is -0.449. The van der Waals surface area contributed by atoms with Crippen molar-refractivity contribution < 1.29 is 9.18 Å². The van der Waals surface area contributed by atoms with Crippen molar-refractivity contribution in [1.82, 2.24) is 0 Å². The lowest BCUT2D eigenvalue weighted by Crippen LogP contribution is -2.12. The van der Waals surface area contributed by atoms with E-state index in [2.05, 4.69) is 17.9 Å². The molecule has 2 nitrogen and oxygen atoms in total. The SMILES string of the molecule is O=C(Nc1ccc(F)cc1Cl)c1cccc(S)c1. The van der Waals surface area contributed by atoms with Crippen LogP contribution in [0.15, 0.2) is 47.4 Å². The average Bonchev–Trinajstić information content (AvgIpc) is 2.32. The highest BCUT2D eigenvalue weighted by molar-refractivity contribution is 7.80. The summed E-state index contributed by atoms with van der Waals surface area (Å²) in [4.78, 5) is 12.6. The van der Waals surface area contributed by atoms with E-state index in [-0.39, 0.29) is 10.9 Å². The van der Waals surface area contributed by atoms with Crippen molar-refractivity contribution in [2.24, 2.45) is 0 Å². The number of anilines is 1. The van der Waals surface area contributed by atoms with Gasteiger partial charge in [0.2, 0.25) is 0 Å². The smallest absolute Gasteiger partial charge is 0.255 e. The molecule has 92 valence electrons. The zero-order valence-electron chi connectivity index (χ0n) is 9.15. The van der Waals surface area contributed by atoms with Crippen molar-refractivity contribution in [3.05, 3.63) is 58.9 Å². The molecule has 1 amide bonds. The maximum absolute atomic E-state index is 12.9. The summed E-state index contributed by atoms with van der Waals surface area (Å²) in [5.74, 6) is -0.769. The summed E-state index contributed by atoms with van der Waals surface area (Å²) in [5.41, 5.74) is 0.829. The molecule has 2 aromatic carbocycles. The lowest BCUT2D eigenvalue weighted by atomic mass is 10.2. The Bertz CT molecular complexity index is 603. The Morgan fingerprint density at radius 2 is 2.00 bits per heavy atom. The highest BCUT2D eigenvalue weighted by Crippen LogP contribution is 2.23. The molecule has 18 heavy (non-hydrogen) atoms. The number of amides is 1. The Balaban J connectivity index is 2.21. The number of hydrogen-bond donors (Lipinski definition) is 2. The molecule has 0 aliphatic heterocycles. The number of benzene rings is 2. The van der Waals surface area contributed by atoms with Gasteiger partial charge in [-0.3, -0.25) is 4.79 Å². The van der Waals surface area contributed by atoms with Crippen LogP contribution in [0.25, 0.3) is 0 Å². The third-order valence-corrected chi connectivity index (χ3v) is 2.88. The molecule has 5 heteroatoms. The fraction of sp³-hybridized carbons (Fsp3) is 0. The molecular formula is C13H9ClFNOS. The van der Waals surface area contributed by atoms with Crippen LogP contribution in [0.4, 0.5) is 10.1 Å². The third-order valence-electron chi connectivity index (χ3n) is 2.29. The molecule has 0 unspecified atom stereocenters. The van der Waals surface area contributed by atoms with Gasteiger partial charge in [0.05, 0.1) is 10.7 Å². The second kappa shape index (κ2) is 5.42. The molecule has 0 heterocycles. The molecule has 0 spiro atoms. The Morgan fingerprint density at radius 3 is 2.67 bits per heavy atom. The molecule has 0 saturated carbocycles. The van der Waals surface area contributed by atoms with Crippen LogP contribution in [0, 0.1) is 5.82 Å². The van der Waals surface area contributed by atoms with Gasteiger partial charge in [-0.2, -0.15) is 0 Å². The van der Waals surface area contributed by atoms with E-state index in [0.29, 0.717) is 16.1 Å². The standard InChI is InChI=1S/C13H9ClFNOS/c14-11-7-9(15)4-5-12(11)16-13(17)8-2-1-3-10(18)6-8/h1-7,18H,(H,16,17). The Kier molecular flexibility index (Phi) is 3.89. The predicted octanol–water partition coefficient (Wildman–Crippen LogP) is 4.02. The Hall–Kier alpha value is -1.52. The maximum atomic E-state index is 12.9. The molecule has 2 rings (SSSR count). The van der Waals surface area contributed by atoms with E-state index in [1.54, 1.807) is 24.3 Å². The second-order valence-corrected chi connectivity index (χ2v) is 4.55. The van der Waals surface area contributed by atoms with Crippen LogP contribution in [0.1, 0.15) is 10.4 Å². The van der Waals surface area contributed by atoms with Crippen molar-refractivity contribution in [3.8, 4) is 0 Å². The van der Waals surface area contributed by atoms with Gasteiger partial charge in [-0.1, -0.05) is 17.7 Å². The molecule has 0 bridgehead atoms. The topological polar surface area (TPSA) is 29.1 Å². The zero-order valence-corrected chi connectivity index (χ0v) is 10.8. The molecule has 0 aromatic heterocycles. The van der Waals surface area contributed by atoms with E-state index < -0.39 is 5.82 Å². The van der Waals surface area contributed by atoms with Crippen LogP contribution in [-0.4, -0.2) is 5.91 Å². The number of thiol groups is 1. The van der Waals surface area contributed by atoms with Crippen molar-refractivity contribution in [2.75, 3.05) is 5.32 Å². The molecule has 0 radical (unpaired) electrons. The predicted molar refractivity (Wildman–Crippen MR) is 73.1 cm³/mol. The zero-order chi connectivity index (χ0) is 13.1. The molecule has 0 aliphatic carbocycles. The van der Waals surface area contributed by atoms with Gasteiger partial charge in [0.15, 0.2) is 0 Å². The summed E-state index contributed by atoms with van der Waals surface area (Å²) in [6.45, 7) is 0. The summed E-state index contributed by atoms with van der Waals surface area (Å²) in [6.07, 6.45) is 0. The largest absolute Gasteiger partial charge is 0.321 e. The van der Waals surface area contributed by atoms with Crippen molar-refractivity contribution in [1.29, 1.82) is 0 Å². The van der Waals surface area contributed by atoms with Gasteiger partial charge in [0.1, 0.15) is 5.82 Å². The van der Waals surface area contributed by atoms with Crippen LogP contribution in [0.3, 0.4) is 0 Å². The summed E-state index contributed by atoms with van der Waals surface area (Å²) in [5, 5.41) is 2.77. The molecular weight excluding hydrogens is 273 g/mol. The van der Waals surface area contributed by atoms with Gasteiger partial charge < -0.3 is 5.32 Å². The summed E-state index contributed by atoms with van der Waals surface area (Å²) >= 11 is 9.98. The fourth-order valence-electron chi connectivity index (χ4n) is 1.43. The number of halogens is 2. The highest BCUT2D eigenvalue weighted by Gasteiger charge is 2.09. The highest BCUT2D eigenvalue weighted by atomic mass is 35.5. The maximum Gasteiger partial charge on any atom is 0.255 e. The Labute approximate surface area is 114 Å². The molecule has 0 aliphatic rings. The molecule has 1 N–H and O–H groups in total. The van der Waals surface area contributed by atoms with Crippen molar-refractivity contribution in [2.45, 2.75) is 4.90 Å². The van der Waals surface area contributed by atoms with E-state index in [0.717, 1.165) is 6.07 Å². The quantitative estimate of drug-likeness (QED) is 0.800. The minimum absolute atomic E-state index is 0.158. The summed E-state index contributed by atoms with van der Waals surface area (Å²) in [6, 6.07) is 10.6. The van der Waals surface area contributed by atoms with Crippen molar-refractivity contribution in [3.63, 3.8) is 0 Å². The van der Waals surface area contributed by atoms with Gasteiger partial charge in [-0.15, -0.1) is 12.6 Å². The number of nitrogens with one attached hydrogen (secondary N) is 1. The van der Waals surface area contributed by atoms with E-state index in [1.807, 2.05) is 0 Å². The monoisotopic (exact) mass is 281 g/mol. The van der Waals surface area contributed by atoms with Gasteiger partial charge >= 0.3 is 0 Å². The van der Waals surface area contributed by atoms with Crippen molar-refractivity contribution >= 4 is 35.8 Å². The van der Waals surface area contributed by atoms with Gasteiger partial charge in [-0.25, -0.2) is 4.39 Å². The average molecular weight is 282 g/mol. The first-order chi connectivity index (χ1) is 8.56. The van der Waals surface area contributed by atoms with Gasteiger partial charge in [0.25, 0.3) is 5.91 Å². The number of carbonyl (C=O) groups excluding carboxylic acids is 1. The number of carbonyl (C=O) groups is 1. The van der Waals surface area contributed by atoms with E-state index in [9.17, 15) is 9.18 Å². The van der Waals surface area contributed by atoms with Gasteiger partial charge in [-0.05, 0) is 36.4 Å². The van der Waals surface area contributed by atoms with Crippen LogP contribution in [-0.2, 0) is 0 Å². The molecule has 0 saturated heterocycles. The van der Waals surface area contributed by atoms with E-state index >= 15 is 0 Å².